The first-order valence-corrected chi connectivity index (χ1v) is 9.34. The van der Waals surface area contributed by atoms with Crippen molar-refractivity contribution in [2.75, 3.05) is 32.7 Å². The molecule has 1 heterocycles. The molecule has 0 saturated heterocycles. The highest BCUT2D eigenvalue weighted by Gasteiger charge is 2.03. The van der Waals surface area contributed by atoms with Crippen LogP contribution >= 0.6 is 11.3 Å². The minimum atomic E-state index is 0.641. The summed E-state index contributed by atoms with van der Waals surface area (Å²) in [7, 11) is 3.47. The van der Waals surface area contributed by atoms with Crippen molar-refractivity contribution in [3.8, 4) is 5.75 Å². The number of methoxy groups -OCH3 is 1. The maximum Gasteiger partial charge on any atom is 0.195 e. The Hall–Kier alpha value is -2.05. The van der Waals surface area contributed by atoms with Crippen LogP contribution in [0.3, 0.4) is 0 Å². The van der Waals surface area contributed by atoms with Gasteiger partial charge in [-0.05, 0) is 30.7 Å². The van der Waals surface area contributed by atoms with Gasteiger partial charge in [0, 0.05) is 48.7 Å². The minimum absolute atomic E-state index is 0.641. The molecule has 0 fully saturated rings. The fourth-order valence-electron chi connectivity index (χ4n) is 2.25. The SMILES string of the molecule is CCc1ccc(CNC(=NC)Nc2cccc(OCCCOC)c2)s1. The maximum atomic E-state index is 5.73. The second-order valence-corrected chi connectivity index (χ2v) is 6.75. The highest BCUT2D eigenvalue weighted by atomic mass is 32.1. The maximum absolute atomic E-state index is 5.73. The van der Waals surface area contributed by atoms with E-state index in [-0.39, 0.29) is 0 Å². The summed E-state index contributed by atoms with van der Waals surface area (Å²) in [5.74, 6) is 1.57. The number of aliphatic imine (C=N–C) groups is 1. The third-order valence-electron chi connectivity index (χ3n) is 3.58. The average molecular weight is 362 g/mol. The molecular weight excluding hydrogens is 334 g/mol. The van der Waals surface area contributed by atoms with E-state index < -0.39 is 0 Å². The van der Waals surface area contributed by atoms with Gasteiger partial charge in [-0.3, -0.25) is 4.99 Å². The lowest BCUT2D eigenvalue weighted by Crippen LogP contribution is -2.29. The molecule has 6 heteroatoms. The van der Waals surface area contributed by atoms with Crippen LogP contribution in [-0.4, -0.2) is 33.3 Å². The Balaban J connectivity index is 1.85. The van der Waals surface area contributed by atoms with Gasteiger partial charge in [0.25, 0.3) is 0 Å². The number of aryl methyl sites for hydroxylation is 1. The standard InChI is InChI=1S/C19H27N3O2S/c1-4-17-9-10-18(25-17)14-21-19(20-2)22-15-7-5-8-16(13-15)24-12-6-11-23-3/h5,7-10,13H,4,6,11-12,14H2,1-3H3,(H2,20,21,22). The van der Waals surface area contributed by atoms with Gasteiger partial charge in [-0.25, -0.2) is 0 Å². The molecule has 0 radical (unpaired) electrons. The lowest BCUT2D eigenvalue weighted by Gasteiger charge is -2.12. The monoisotopic (exact) mass is 361 g/mol. The summed E-state index contributed by atoms with van der Waals surface area (Å²) >= 11 is 1.83. The summed E-state index contributed by atoms with van der Waals surface area (Å²) in [6.45, 7) is 4.28. The number of benzene rings is 1. The van der Waals surface area contributed by atoms with Gasteiger partial charge in [0.15, 0.2) is 5.96 Å². The molecule has 1 aromatic heterocycles. The molecule has 0 saturated carbocycles. The normalized spacial score (nSPS) is 11.4. The second kappa shape index (κ2) is 10.7. The van der Waals surface area contributed by atoms with Crippen LogP contribution < -0.4 is 15.4 Å². The predicted octanol–water partition coefficient (Wildman–Crippen LogP) is 3.91. The van der Waals surface area contributed by atoms with Crippen LogP contribution in [0.25, 0.3) is 0 Å². The van der Waals surface area contributed by atoms with E-state index >= 15 is 0 Å². The predicted molar refractivity (Wildman–Crippen MR) is 106 cm³/mol. The number of hydrogen-bond donors (Lipinski definition) is 2. The van der Waals surface area contributed by atoms with Gasteiger partial charge in [-0.15, -0.1) is 11.3 Å². The van der Waals surface area contributed by atoms with E-state index in [1.54, 1.807) is 14.2 Å². The Bertz CT molecular complexity index is 670. The Labute approximate surface area is 154 Å². The van der Waals surface area contributed by atoms with Gasteiger partial charge in [0.05, 0.1) is 13.2 Å². The molecule has 0 aliphatic carbocycles. The molecule has 0 unspecified atom stereocenters. The van der Waals surface area contributed by atoms with E-state index in [0.29, 0.717) is 13.2 Å². The van der Waals surface area contributed by atoms with Crippen molar-refractivity contribution in [2.45, 2.75) is 26.3 Å². The largest absolute Gasteiger partial charge is 0.493 e. The van der Waals surface area contributed by atoms with Crippen molar-refractivity contribution in [3.05, 3.63) is 46.2 Å². The fourth-order valence-corrected chi connectivity index (χ4v) is 3.15. The zero-order chi connectivity index (χ0) is 17.9. The summed E-state index contributed by atoms with van der Waals surface area (Å²) in [6.07, 6.45) is 1.95. The fraction of sp³-hybridized carbons (Fsp3) is 0.421. The Morgan fingerprint density at radius 3 is 2.72 bits per heavy atom. The topological polar surface area (TPSA) is 54.9 Å². The van der Waals surface area contributed by atoms with Gasteiger partial charge >= 0.3 is 0 Å². The number of thiophene rings is 1. The molecule has 2 rings (SSSR count). The van der Waals surface area contributed by atoms with Crippen LogP contribution in [0.1, 0.15) is 23.1 Å². The Kier molecular flexibility index (Phi) is 8.28. The van der Waals surface area contributed by atoms with Crippen LogP contribution in [0, 0.1) is 0 Å². The van der Waals surface area contributed by atoms with E-state index in [1.807, 2.05) is 35.6 Å². The van der Waals surface area contributed by atoms with Crippen molar-refractivity contribution in [3.63, 3.8) is 0 Å². The van der Waals surface area contributed by atoms with Crippen LogP contribution in [0.2, 0.25) is 0 Å². The number of hydrogen-bond acceptors (Lipinski definition) is 4. The van der Waals surface area contributed by atoms with E-state index in [1.165, 1.54) is 9.75 Å². The van der Waals surface area contributed by atoms with Crippen LogP contribution in [-0.2, 0) is 17.7 Å². The van der Waals surface area contributed by atoms with Crippen LogP contribution in [0.4, 0.5) is 5.69 Å². The van der Waals surface area contributed by atoms with Crippen LogP contribution in [0.5, 0.6) is 5.75 Å². The molecule has 0 aliphatic rings. The lowest BCUT2D eigenvalue weighted by molar-refractivity contribution is 0.172. The molecule has 5 nitrogen and oxygen atoms in total. The first kappa shape index (κ1) is 19.3. The summed E-state index contributed by atoms with van der Waals surface area (Å²) in [5.41, 5.74) is 0.942. The van der Waals surface area contributed by atoms with Gasteiger partial charge < -0.3 is 20.1 Å². The quantitative estimate of drug-likeness (QED) is 0.404. The highest BCUT2D eigenvalue weighted by Crippen LogP contribution is 2.18. The zero-order valence-corrected chi connectivity index (χ0v) is 16.0. The number of nitrogens with zero attached hydrogens (tertiary/aromatic N) is 1. The summed E-state index contributed by atoms with van der Waals surface area (Å²) in [5, 5.41) is 6.64. The molecule has 0 amide bonds. The van der Waals surface area contributed by atoms with Crippen molar-refractivity contribution in [1.82, 2.24) is 5.32 Å². The molecule has 1 aromatic carbocycles. The summed E-state index contributed by atoms with van der Waals surface area (Å²) < 4.78 is 10.8. The van der Waals surface area contributed by atoms with Crippen molar-refractivity contribution >= 4 is 23.0 Å². The second-order valence-electron chi connectivity index (χ2n) is 5.49. The first-order chi connectivity index (χ1) is 12.2. The number of anilines is 1. The highest BCUT2D eigenvalue weighted by molar-refractivity contribution is 7.11. The third-order valence-corrected chi connectivity index (χ3v) is 4.81. The number of ether oxygens (including phenoxy) is 2. The Morgan fingerprint density at radius 1 is 1.16 bits per heavy atom. The molecule has 0 spiro atoms. The van der Waals surface area contributed by atoms with Crippen molar-refractivity contribution in [1.29, 1.82) is 0 Å². The van der Waals surface area contributed by atoms with E-state index in [2.05, 4.69) is 34.7 Å². The lowest BCUT2D eigenvalue weighted by atomic mass is 10.3. The molecule has 0 atom stereocenters. The van der Waals surface area contributed by atoms with Crippen molar-refractivity contribution < 1.29 is 9.47 Å². The van der Waals surface area contributed by atoms with Gasteiger partial charge in [0.1, 0.15) is 5.75 Å². The molecule has 2 N–H and O–H groups in total. The van der Waals surface area contributed by atoms with E-state index in [4.69, 9.17) is 9.47 Å². The van der Waals surface area contributed by atoms with E-state index in [9.17, 15) is 0 Å². The molecule has 25 heavy (non-hydrogen) atoms. The van der Waals surface area contributed by atoms with Crippen LogP contribution in [0.15, 0.2) is 41.4 Å². The third kappa shape index (κ3) is 6.76. The number of nitrogens with one attached hydrogen (secondary N) is 2. The summed E-state index contributed by atoms with van der Waals surface area (Å²) in [4.78, 5) is 6.99. The Morgan fingerprint density at radius 2 is 2.00 bits per heavy atom. The summed E-state index contributed by atoms with van der Waals surface area (Å²) in [6, 6.07) is 12.2. The molecule has 0 bridgehead atoms. The van der Waals surface area contributed by atoms with Gasteiger partial charge in [0.2, 0.25) is 0 Å². The molecule has 2 aromatic rings. The van der Waals surface area contributed by atoms with Gasteiger partial charge in [-0.2, -0.15) is 0 Å². The number of rotatable bonds is 9. The average Bonchev–Trinajstić information content (AvgIpc) is 3.11. The van der Waals surface area contributed by atoms with Gasteiger partial charge in [-0.1, -0.05) is 13.0 Å². The molecule has 136 valence electrons. The molecular formula is C19H27N3O2S. The first-order valence-electron chi connectivity index (χ1n) is 8.52. The minimum Gasteiger partial charge on any atom is -0.493 e. The van der Waals surface area contributed by atoms with Crippen molar-refractivity contribution in [2.24, 2.45) is 4.99 Å². The zero-order valence-electron chi connectivity index (χ0n) is 15.2. The van der Waals surface area contributed by atoms with E-state index in [0.717, 1.165) is 36.8 Å². The smallest absolute Gasteiger partial charge is 0.195 e. The molecule has 0 aliphatic heterocycles. The number of guanidine groups is 1.